The zero-order valence-electron chi connectivity index (χ0n) is 3.32. The average Bonchev–Trinajstić information content (AvgIpc) is 1.39. The van der Waals surface area contributed by atoms with Crippen LogP contribution in [0.15, 0.2) is 0 Å². The van der Waals surface area contributed by atoms with Crippen LogP contribution in [0.4, 0.5) is 0 Å². The van der Waals surface area contributed by atoms with Crippen LogP contribution in [-0.4, -0.2) is 11.7 Å². The van der Waals surface area contributed by atoms with Crippen molar-refractivity contribution < 1.29 is 5.11 Å². The summed E-state index contributed by atoms with van der Waals surface area (Å²) in [6.07, 6.45) is 0. The van der Waals surface area contributed by atoms with E-state index in [-0.39, 0.29) is 6.61 Å². The predicted molar refractivity (Wildman–Crippen MR) is 56.2 cm³/mol. The van der Waals surface area contributed by atoms with E-state index in [9.17, 15) is 0 Å². The first-order valence-electron chi connectivity index (χ1n) is 1.33. The fraction of sp³-hybridized carbons (Fsp3) is 1.00. The van der Waals surface area contributed by atoms with Gasteiger partial charge in [-0.2, -0.15) is 0 Å². The summed E-state index contributed by atoms with van der Waals surface area (Å²) in [7, 11) is 0. The van der Waals surface area contributed by atoms with Crippen molar-refractivity contribution >= 4 is 50.5 Å². The van der Waals surface area contributed by atoms with Crippen LogP contribution in [-0.2, 0) is 0 Å². The van der Waals surface area contributed by atoms with Crippen LogP contribution in [0.5, 0.6) is 0 Å². The van der Waals surface area contributed by atoms with Crippen LogP contribution < -0.4 is 0 Å². The van der Waals surface area contributed by atoms with E-state index in [2.05, 4.69) is 37.2 Å². The van der Waals surface area contributed by atoms with Crippen LogP contribution in [0.25, 0.3) is 0 Å². The fourth-order valence-electron chi connectivity index (χ4n) is 0. The number of halogens is 3. The van der Waals surface area contributed by atoms with Gasteiger partial charge < -0.3 is 5.11 Å². The van der Waals surface area contributed by atoms with Crippen molar-refractivity contribution in [2.75, 3.05) is 6.61 Å². The van der Waals surface area contributed by atoms with Crippen LogP contribution >= 0.6 is 50.5 Å². The molecule has 1 N–H and O–H groups in total. The Kier molecular flexibility index (Phi) is 28.8. The number of aliphatic hydroxyl groups excluding tert-OH is 1. The second-order valence-corrected chi connectivity index (χ2v) is 17.9. The van der Waals surface area contributed by atoms with Crippen molar-refractivity contribution in [3.05, 3.63) is 0 Å². The number of hydrogen-bond acceptors (Lipinski definition) is 1. The van der Waals surface area contributed by atoms with Crippen LogP contribution in [0, 0.1) is 0 Å². The van der Waals surface area contributed by atoms with Gasteiger partial charge in [0.25, 0.3) is 0 Å². The van der Waals surface area contributed by atoms with E-state index in [1.54, 1.807) is 6.92 Å². The molecule has 0 rings (SSSR count). The molecule has 0 heterocycles. The second-order valence-electron chi connectivity index (χ2n) is 0.375. The van der Waals surface area contributed by atoms with Gasteiger partial charge in [0.2, 0.25) is 0 Å². The zero-order chi connectivity index (χ0) is 5.41. The molecular weight excluding hydrogens is 421 g/mol. The van der Waals surface area contributed by atoms with E-state index in [0.29, 0.717) is 13.3 Å². The molecule has 0 aromatic heterocycles. The zero-order valence-corrected chi connectivity index (χ0v) is 9.96. The monoisotopic (exact) mass is 428 g/mol. The molecule has 0 bridgehead atoms. The van der Waals surface area contributed by atoms with Gasteiger partial charge in [-0.25, -0.2) is 0 Å². The van der Waals surface area contributed by atoms with Gasteiger partial charge in [0, 0.05) is 6.61 Å². The molecule has 1 nitrogen and oxygen atoms in total. The first kappa shape index (κ1) is 11.0. The van der Waals surface area contributed by atoms with Crippen molar-refractivity contribution in [1.29, 1.82) is 0 Å². The summed E-state index contributed by atoms with van der Waals surface area (Å²) < 4.78 is 0. The molecule has 0 radical (unpaired) electrons. The quantitative estimate of drug-likeness (QED) is 0.589. The second kappa shape index (κ2) is 15.7. The molecule has 4 heteroatoms. The first-order valence-corrected chi connectivity index (χ1v) is 14.9. The van der Waals surface area contributed by atoms with Gasteiger partial charge in [-0.15, -0.1) is 0 Å². The topological polar surface area (TPSA) is 20.2 Å². The normalized spacial score (nSPS) is 6.67. The van der Waals surface area contributed by atoms with Crippen LogP contribution in [0.2, 0.25) is 0 Å². The maximum atomic E-state index is 7.57. The van der Waals surface area contributed by atoms with Crippen molar-refractivity contribution in [2.45, 2.75) is 6.92 Å². The van der Waals surface area contributed by atoms with Crippen LogP contribution in [0.1, 0.15) is 6.92 Å². The molecule has 0 fully saturated rings. The van der Waals surface area contributed by atoms with Gasteiger partial charge in [0.1, 0.15) is 0 Å². The third-order valence-electron chi connectivity index (χ3n) is 0. The molecule has 0 atom stereocenters. The Morgan fingerprint density at radius 3 is 1.67 bits per heavy atom. The number of rotatable bonds is 0. The molecule has 42 valence electrons. The van der Waals surface area contributed by atoms with Gasteiger partial charge in [0.15, 0.2) is 0 Å². The minimum atomic E-state index is 0.250. The Labute approximate surface area is 67.9 Å². The molecule has 0 saturated heterocycles. The summed E-state index contributed by atoms with van der Waals surface area (Å²) in [5, 5.41) is 7.57. The van der Waals surface area contributed by atoms with Crippen molar-refractivity contribution in [1.82, 2.24) is 0 Å². The maximum absolute atomic E-state index is 7.57. The molecule has 0 aliphatic carbocycles. The molecule has 0 aliphatic rings. The number of hydrogen-bond donors (Lipinski definition) is 1. The third kappa shape index (κ3) is 35.3. The predicted octanol–water partition coefficient (Wildman–Crippen LogP) is 2.39. The fourth-order valence-corrected chi connectivity index (χ4v) is 0. The van der Waals surface area contributed by atoms with Crippen molar-refractivity contribution in [3.8, 4) is 0 Å². The van der Waals surface area contributed by atoms with Gasteiger partial charge >= 0.3 is 50.5 Å². The van der Waals surface area contributed by atoms with Crippen LogP contribution in [0.3, 0.4) is 0 Å². The standard InChI is InChI=1S/C2H6O.HI3/c1-2-3;1-3-2/h3H,2H2,1H3;3H. The molecule has 0 saturated carbocycles. The summed E-state index contributed by atoms with van der Waals surface area (Å²) in [5.74, 6) is 0. The third-order valence-corrected chi connectivity index (χ3v) is 0. The van der Waals surface area contributed by atoms with E-state index >= 15 is 0 Å². The first-order chi connectivity index (χ1) is 2.83. The van der Waals surface area contributed by atoms with Gasteiger partial charge in [-0.05, 0) is 6.92 Å². The van der Waals surface area contributed by atoms with E-state index in [1.165, 1.54) is 0 Å². The summed E-state index contributed by atoms with van der Waals surface area (Å²) >= 11 is 5.22. The number of aliphatic hydroxyl groups is 1. The molecule has 0 aromatic rings. The summed E-state index contributed by atoms with van der Waals surface area (Å²) in [6.45, 7) is 1.93. The Hall–Kier alpha value is 2.15. The molecule has 0 spiro atoms. The SMILES string of the molecule is CCO.I[IH]I. The van der Waals surface area contributed by atoms with Gasteiger partial charge in [-0.3, -0.25) is 0 Å². The molecule has 0 aliphatic heterocycles. The molecule has 0 unspecified atom stereocenters. The Bertz CT molecular complexity index is 10.8. The molecule has 0 aromatic carbocycles. The van der Waals surface area contributed by atoms with Gasteiger partial charge in [-0.1, -0.05) is 0 Å². The summed E-state index contributed by atoms with van der Waals surface area (Å²) in [6, 6.07) is 0. The minimum absolute atomic E-state index is 0.250. The van der Waals surface area contributed by atoms with E-state index in [4.69, 9.17) is 5.11 Å². The van der Waals surface area contributed by atoms with Crippen molar-refractivity contribution in [3.63, 3.8) is 0 Å². The molecular formula is C2H7I3O. The summed E-state index contributed by atoms with van der Waals surface area (Å²) in [4.78, 5) is 0. The van der Waals surface area contributed by atoms with Gasteiger partial charge in [0.05, 0.1) is 0 Å². The summed E-state index contributed by atoms with van der Waals surface area (Å²) in [5.41, 5.74) is 0. The van der Waals surface area contributed by atoms with Crippen molar-refractivity contribution in [2.24, 2.45) is 0 Å². The molecule has 0 amide bonds. The van der Waals surface area contributed by atoms with E-state index in [0.717, 1.165) is 0 Å². The van der Waals surface area contributed by atoms with E-state index in [1.807, 2.05) is 0 Å². The Morgan fingerprint density at radius 1 is 1.67 bits per heavy atom. The average molecular weight is 428 g/mol. The van der Waals surface area contributed by atoms with E-state index < -0.39 is 0 Å². The molecule has 6 heavy (non-hydrogen) atoms. The Morgan fingerprint density at radius 2 is 1.67 bits per heavy atom. The Balaban J connectivity index is 0.